The predicted octanol–water partition coefficient (Wildman–Crippen LogP) is 4.07. The number of hydrogen-bond donors (Lipinski definition) is 3. The van der Waals surface area contributed by atoms with Crippen LogP contribution in [0.1, 0.15) is 11.1 Å². The quantitative estimate of drug-likeness (QED) is 0.226. The lowest BCUT2D eigenvalue weighted by Gasteiger charge is -2.13. The first-order valence-electron chi connectivity index (χ1n) is 13.5. The molecule has 0 bridgehead atoms. The van der Waals surface area contributed by atoms with Gasteiger partial charge in [0, 0.05) is 12.4 Å². The van der Waals surface area contributed by atoms with Crippen LogP contribution in [0.15, 0.2) is 115 Å². The van der Waals surface area contributed by atoms with Gasteiger partial charge in [-0.1, -0.05) is 60.7 Å². The first-order chi connectivity index (χ1) is 22.0. The molecule has 6 rings (SSSR count). The van der Waals surface area contributed by atoms with Crippen molar-refractivity contribution in [3.8, 4) is 28.9 Å². The summed E-state index contributed by atoms with van der Waals surface area (Å²) in [6.07, 6.45) is 5.22. The molecule has 45 heavy (non-hydrogen) atoms. The molecule has 0 radical (unpaired) electrons. The number of nitrogens with one attached hydrogen (secondary N) is 2. The number of hydrogen-bond acceptors (Lipinski definition) is 12. The Morgan fingerprint density at radius 3 is 2.04 bits per heavy atom. The molecule has 4 N–H and O–H groups in total. The average Bonchev–Trinajstić information content (AvgIpc) is 3.10. The van der Waals surface area contributed by atoms with Crippen molar-refractivity contribution in [3.63, 3.8) is 0 Å². The molecule has 0 aliphatic carbocycles. The molecule has 0 saturated carbocycles. The van der Waals surface area contributed by atoms with Crippen LogP contribution in [0.4, 0.5) is 16.2 Å². The van der Waals surface area contributed by atoms with E-state index in [-0.39, 0.29) is 30.3 Å². The number of ether oxygens (including phenoxy) is 2. The normalized spacial score (nSPS) is 10.2. The van der Waals surface area contributed by atoms with Gasteiger partial charge in [0.05, 0.1) is 12.4 Å². The van der Waals surface area contributed by atoms with Gasteiger partial charge in [0.2, 0.25) is 5.88 Å². The molecule has 4 heterocycles. The van der Waals surface area contributed by atoms with Crippen molar-refractivity contribution in [2.24, 2.45) is 0 Å². The Balaban J connectivity index is 0.000000238. The molecule has 0 aliphatic rings. The second-order valence-electron chi connectivity index (χ2n) is 9.11. The molecule has 0 spiro atoms. The topological polar surface area (TPSA) is 197 Å². The summed E-state index contributed by atoms with van der Waals surface area (Å²) in [6, 6.07) is 25.9. The van der Waals surface area contributed by atoms with Crippen LogP contribution < -0.4 is 21.3 Å². The third kappa shape index (κ3) is 8.71. The van der Waals surface area contributed by atoms with Gasteiger partial charge < -0.3 is 20.2 Å². The number of aromatic amines is 1. The zero-order valence-electron chi connectivity index (χ0n) is 23.6. The number of nitrogen functional groups attached to an aromatic ring is 1. The molecule has 6 aromatic rings. The van der Waals surface area contributed by atoms with Crippen molar-refractivity contribution in [1.82, 2.24) is 40.3 Å². The lowest BCUT2D eigenvalue weighted by molar-refractivity contribution is 0.155. The van der Waals surface area contributed by atoms with E-state index < -0.39 is 6.09 Å². The average molecular weight is 603 g/mol. The van der Waals surface area contributed by atoms with E-state index in [1.54, 1.807) is 36.7 Å². The van der Waals surface area contributed by atoms with E-state index in [0.717, 1.165) is 11.1 Å². The monoisotopic (exact) mass is 602 g/mol. The minimum absolute atomic E-state index is 0.0811. The minimum atomic E-state index is -0.635. The van der Waals surface area contributed by atoms with Gasteiger partial charge >= 0.3 is 6.09 Å². The number of anilines is 2. The van der Waals surface area contributed by atoms with Crippen molar-refractivity contribution >= 4 is 17.5 Å². The van der Waals surface area contributed by atoms with E-state index in [2.05, 4.69) is 45.6 Å². The predicted molar refractivity (Wildman–Crippen MR) is 164 cm³/mol. The molecular formula is C31H26N10O4. The number of rotatable bonds is 8. The Kier molecular flexibility index (Phi) is 10.0. The molecule has 1 amide bonds. The smallest absolute Gasteiger partial charge is 0.412 e. The standard InChI is InChI=1S/C23H19N5O3.C8H7N5O/c29-23(31-16-18-10-5-2-6-11-18)26-20-14-24-21(19-12-7-13-25-28-19)27-22(20)30-15-17-8-3-1-4-9-17;9-5-4-10-7(12-8(5)14)6-2-1-3-11-13-6/h1-14H,15-16H2,(H,26,29);1-4H,9H2,(H,10,12,14). The third-order valence-electron chi connectivity index (χ3n) is 5.86. The van der Waals surface area contributed by atoms with Crippen molar-refractivity contribution in [1.29, 1.82) is 0 Å². The van der Waals surface area contributed by atoms with E-state index in [1.807, 2.05) is 60.7 Å². The molecule has 0 atom stereocenters. The van der Waals surface area contributed by atoms with Gasteiger partial charge in [0.15, 0.2) is 11.6 Å². The highest BCUT2D eigenvalue weighted by atomic mass is 16.5. The van der Waals surface area contributed by atoms with Gasteiger partial charge in [-0.2, -0.15) is 15.2 Å². The van der Waals surface area contributed by atoms with E-state index in [9.17, 15) is 9.59 Å². The zero-order chi connectivity index (χ0) is 31.3. The van der Waals surface area contributed by atoms with Crippen molar-refractivity contribution in [2.75, 3.05) is 11.1 Å². The summed E-state index contributed by atoms with van der Waals surface area (Å²) < 4.78 is 11.2. The second kappa shape index (κ2) is 15.1. The summed E-state index contributed by atoms with van der Waals surface area (Å²) in [5.74, 6) is 0.896. The fraction of sp³-hybridized carbons (Fsp3) is 0.0645. The van der Waals surface area contributed by atoms with Crippen LogP contribution in [0.5, 0.6) is 5.88 Å². The lowest BCUT2D eigenvalue weighted by atomic mass is 10.2. The van der Waals surface area contributed by atoms with Crippen LogP contribution in [-0.4, -0.2) is 46.4 Å². The minimum Gasteiger partial charge on any atom is -0.471 e. The summed E-state index contributed by atoms with van der Waals surface area (Å²) in [4.78, 5) is 38.6. The molecule has 0 saturated heterocycles. The largest absolute Gasteiger partial charge is 0.471 e. The Morgan fingerprint density at radius 2 is 1.42 bits per heavy atom. The van der Waals surface area contributed by atoms with Crippen LogP contribution in [0.3, 0.4) is 0 Å². The van der Waals surface area contributed by atoms with Crippen molar-refractivity contribution < 1.29 is 14.3 Å². The Bertz CT molecular complexity index is 1880. The van der Waals surface area contributed by atoms with Crippen LogP contribution in [0.25, 0.3) is 23.0 Å². The second-order valence-corrected chi connectivity index (χ2v) is 9.11. The summed E-state index contributed by atoms with van der Waals surface area (Å²) in [5.41, 5.74) is 8.16. The first-order valence-corrected chi connectivity index (χ1v) is 13.5. The van der Waals surface area contributed by atoms with Crippen molar-refractivity contribution in [2.45, 2.75) is 13.2 Å². The van der Waals surface area contributed by atoms with Crippen LogP contribution in [-0.2, 0) is 18.0 Å². The van der Waals surface area contributed by atoms with Gasteiger partial charge in [-0.3, -0.25) is 10.1 Å². The van der Waals surface area contributed by atoms with Gasteiger partial charge in [-0.05, 0) is 35.4 Å². The van der Waals surface area contributed by atoms with E-state index in [1.165, 1.54) is 12.4 Å². The van der Waals surface area contributed by atoms with Gasteiger partial charge in [0.25, 0.3) is 5.56 Å². The lowest BCUT2D eigenvalue weighted by Crippen LogP contribution is -2.15. The molecule has 224 valence electrons. The number of aromatic nitrogens is 8. The summed E-state index contributed by atoms with van der Waals surface area (Å²) in [6.45, 7) is 0.414. The Hall–Kier alpha value is -6.57. The highest BCUT2D eigenvalue weighted by Crippen LogP contribution is 2.25. The van der Waals surface area contributed by atoms with Gasteiger partial charge in [-0.25, -0.2) is 14.8 Å². The zero-order valence-corrected chi connectivity index (χ0v) is 23.6. The number of carbonyl (C=O) groups is 1. The molecule has 14 nitrogen and oxygen atoms in total. The summed E-state index contributed by atoms with van der Waals surface area (Å²) in [7, 11) is 0. The fourth-order valence-corrected chi connectivity index (χ4v) is 3.66. The highest BCUT2D eigenvalue weighted by Gasteiger charge is 2.15. The van der Waals surface area contributed by atoms with Crippen LogP contribution in [0, 0.1) is 0 Å². The maximum absolute atomic E-state index is 12.3. The number of benzene rings is 2. The number of nitrogens with zero attached hydrogens (tertiary/aromatic N) is 7. The molecule has 2 aromatic carbocycles. The van der Waals surface area contributed by atoms with Crippen molar-refractivity contribution in [3.05, 3.63) is 131 Å². The maximum atomic E-state index is 12.3. The number of H-pyrrole nitrogens is 1. The SMILES string of the molecule is Nc1cnc(-c2cccnn2)[nH]c1=O.O=C(Nc1cnc(-c2cccnn2)nc1OCc1ccccc1)OCc1ccccc1. The Morgan fingerprint density at radius 1 is 0.778 bits per heavy atom. The molecule has 14 heteroatoms. The van der Waals surface area contributed by atoms with Crippen LogP contribution in [0.2, 0.25) is 0 Å². The van der Waals surface area contributed by atoms with Gasteiger partial charge in [0.1, 0.15) is 36.0 Å². The molecule has 0 fully saturated rings. The van der Waals surface area contributed by atoms with E-state index >= 15 is 0 Å². The maximum Gasteiger partial charge on any atom is 0.412 e. The summed E-state index contributed by atoms with van der Waals surface area (Å²) in [5, 5.41) is 18.0. The highest BCUT2D eigenvalue weighted by molar-refractivity contribution is 5.86. The number of nitrogens with two attached hydrogens (primary N) is 1. The van der Waals surface area contributed by atoms with E-state index in [4.69, 9.17) is 15.2 Å². The molecule has 0 aliphatic heterocycles. The van der Waals surface area contributed by atoms with E-state index in [0.29, 0.717) is 28.7 Å². The fourth-order valence-electron chi connectivity index (χ4n) is 3.66. The number of carbonyl (C=O) groups excluding carboxylic acids is 1. The molecular weight excluding hydrogens is 576 g/mol. The summed E-state index contributed by atoms with van der Waals surface area (Å²) >= 11 is 0. The molecule has 4 aromatic heterocycles. The third-order valence-corrected chi connectivity index (χ3v) is 5.86. The Labute approximate surface area is 256 Å². The molecule has 0 unspecified atom stereocenters. The first kappa shape index (κ1) is 29.9. The number of amides is 1. The van der Waals surface area contributed by atoms with Gasteiger partial charge in [-0.15, -0.1) is 10.2 Å². The van der Waals surface area contributed by atoms with Crippen LogP contribution >= 0.6 is 0 Å².